The van der Waals surface area contributed by atoms with Gasteiger partial charge in [-0.3, -0.25) is 0 Å². The Bertz CT molecular complexity index is 481. The molecule has 1 aromatic heterocycles. The molecule has 0 saturated carbocycles. The molecule has 0 spiro atoms. The normalized spacial score (nSPS) is 10.2. The van der Waals surface area contributed by atoms with Crippen molar-refractivity contribution in [2.75, 3.05) is 0 Å². The average Bonchev–Trinajstić information content (AvgIpc) is 2.58. The van der Waals surface area contributed by atoms with Crippen LogP contribution >= 0.6 is 0 Å². The van der Waals surface area contributed by atoms with Crippen LogP contribution in [-0.4, -0.2) is 4.98 Å². The van der Waals surface area contributed by atoms with Gasteiger partial charge in [-0.25, -0.2) is 4.98 Å². The maximum absolute atomic E-state index is 8.63. The second-order valence-corrected chi connectivity index (χ2v) is 2.61. The summed E-state index contributed by atoms with van der Waals surface area (Å²) in [5, 5.41) is 8.63. The van der Waals surface area contributed by atoms with Gasteiger partial charge in [0.15, 0.2) is 5.58 Å². The summed E-state index contributed by atoms with van der Waals surface area (Å²) < 4.78 is 5.27. The number of oxazole rings is 1. The van der Waals surface area contributed by atoms with Crippen molar-refractivity contribution in [1.29, 1.82) is 5.26 Å². The maximum atomic E-state index is 8.63. The molecule has 0 amide bonds. The van der Waals surface area contributed by atoms with E-state index in [2.05, 4.69) is 4.98 Å². The number of fused-ring (bicyclic) bond motifs is 1. The predicted molar refractivity (Wildman–Crippen MR) is 46.6 cm³/mol. The summed E-state index contributed by atoms with van der Waals surface area (Å²) in [5.41, 5.74) is 7.28. The molecule has 4 nitrogen and oxygen atoms in total. The topological polar surface area (TPSA) is 75.8 Å². The first kappa shape index (κ1) is 7.77. The molecular formula is C9H7N3O. The number of rotatable bonds is 1. The summed E-state index contributed by atoms with van der Waals surface area (Å²) in [6.45, 7) is 0.274. The third kappa shape index (κ3) is 1.25. The molecule has 2 N–H and O–H groups in total. The van der Waals surface area contributed by atoms with Crippen molar-refractivity contribution in [2.24, 2.45) is 5.73 Å². The lowest BCUT2D eigenvalue weighted by Gasteiger charge is -1.85. The Morgan fingerprint density at radius 1 is 1.54 bits per heavy atom. The van der Waals surface area contributed by atoms with Crippen LogP contribution in [0.1, 0.15) is 11.5 Å². The summed E-state index contributed by atoms with van der Waals surface area (Å²) >= 11 is 0. The molecule has 0 saturated heterocycles. The van der Waals surface area contributed by atoms with Gasteiger partial charge >= 0.3 is 0 Å². The zero-order valence-electron chi connectivity index (χ0n) is 6.82. The van der Waals surface area contributed by atoms with E-state index in [1.807, 2.05) is 6.07 Å². The summed E-state index contributed by atoms with van der Waals surface area (Å²) in [5.74, 6) is 0.491. The molecule has 2 rings (SSSR count). The monoisotopic (exact) mass is 173 g/mol. The lowest BCUT2D eigenvalue weighted by molar-refractivity contribution is 0.533. The van der Waals surface area contributed by atoms with Crippen LogP contribution < -0.4 is 5.73 Å². The van der Waals surface area contributed by atoms with Crippen LogP contribution in [0.3, 0.4) is 0 Å². The molecule has 0 bridgehead atoms. The zero-order valence-corrected chi connectivity index (χ0v) is 6.82. The fourth-order valence-corrected chi connectivity index (χ4v) is 1.13. The molecule has 0 atom stereocenters. The van der Waals surface area contributed by atoms with Crippen LogP contribution in [0.15, 0.2) is 22.6 Å². The Morgan fingerprint density at radius 2 is 2.38 bits per heavy atom. The second-order valence-electron chi connectivity index (χ2n) is 2.61. The smallest absolute Gasteiger partial charge is 0.209 e. The van der Waals surface area contributed by atoms with E-state index in [0.29, 0.717) is 22.6 Å². The molecule has 0 aliphatic carbocycles. The quantitative estimate of drug-likeness (QED) is 0.702. The number of hydrogen-bond donors (Lipinski definition) is 1. The van der Waals surface area contributed by atoms with Gasteiger partial charge in [-0.15, -0.1) is 0 Å². The van der Waals surface area contributed by atoms with Crippen molar-refractivity contribution in [3.8, 4) is 6.07 Å². The van der Waals surface area contributed by atoms with Crippen LogP contribution in [0.25, 0.3) is 11.1 Å². The highest BCUT2D eigenvalue weighted by Gasteiger charge is 2.03. The van der Waals surface area contributed by atoms with Gasteiger partial charge < -0.3 is 10.2 Å². The Kier molecular flexibility index (Phi) is 1.72. The van der Waals surface area contributed by atoms with Crippen molar-refractivity contribution in [3.05, 3.63) is 29.7 Å². The minimum absolute atomic E-state index is 0.274. The van der Waals surface area contributed by atoms with Crippen molar-refractivity contribution in [2.45, 2.75) is 6.54 Å². The van der Waals surface area contributed by atoms with Gasteiger partial charge in [0.2, 0.25) is 5.89 Å². The minimum Gasteiger partial charge on any atom is -0.439 e. The standard InChI is InChI=1S/C9H7N3O/c10-4-6-1-2-8-7(3-6)12-9(5-11)13-8/h1-3H,5,11H2. The maximum Gasteiger partial charge on any atom is 0.209 e. The first-order valence-corrected chi connectivity index (χ1v) is 3.83. The number of aromatic nitrogens is 1. The van der Waals surface area contributed by atoms with E-state index in [4.69, 9.17) is 15.4 Å². The van der Waals surface area contributed by atoms with E-state index < -0.39 is 0 Å². The van der Waals surface area contributed by atoms with Crippen LogP contribution in [0.4, 0.5) is 0 Å². The van der Waals surface area contributed by atoms with E-state index in [1.165, 1.54) is 0 Å². The molecule has 1 heterocycles. The summed E-state index contributed by atoms with van der Waals surface area (Å²) in [6.07, 6.45) is 0. The van der Waals surface area contributed by atoms with E-state index in [9.17, 15) is 0 Å². The van der Waals surface area contributed by atoms with Crippen molar-refractivity contribution < 1.29 is 4.42 Å². The SMILES string of the molecule is N#Cc1ccc2oc(CN)nc2c1. The largest absolute Gasteiger partial charge is 0.439 e. The third-order valence-corrected chi connectivity index (χ3v) is 1.74. The Hall–Kier alpha value is -1.86. The van der Waals surface area contributed by atoms with Gasteiger partial charge in [-0.05, 0) is 18.2 Å². The van der Waals surface area contributed by atoms with Crippen molar-refractivity contribution >= 4 is 11.1 Å². The van der Waals surface area contributed by atoms with Crippen LogP contribution in [0.2, 0.25) is 0 Å². The molecule has 1 aromatic carbocycles. The fourth-order valence-electron chi connectivity index (χ4n) is 1.13. The molecule has 13 heavy (non-hydrogen) atoms. The molecule has 0 aliphatic rings. The second kappa shape index (κ2) is 2.88. The molecule has 0 unspecified atom stereocenters. The van der Waals surface area contributed by atoms with E-state index in [-0.39, 0.29) is 6.54 Å². The first-order valence-electron chi connectivity index (χ1n) is 3.83. The zero-order chi connectivity index (χ0) is 9.26. The lowest BCUT2D eigenvalue weighted by atomic mass is 10.2. The predicted octanol–water partition coefficient (Wildman–Crippen LogP) is 1.16. The van der Waals surface area contributed by atoms with Crippen LogP contribution in [0, 0.1) is 11.3 Å². The van der Waals surface area contributed by atoms with Crippen LogP contribution in [0.5, 0.6) is 0 Å². The molecule has 64 valence electrons. The Balaban J connectivity index is 2.65. The number of nitriles is 1. The Labute approximate surface area is 74.6 Å². The van der Waals surface area contributed by atoms with E-state index in [1.54, 1.807) is 18.2 Å². The fraction of sp³-hybridized carbons (Fsp3) is 0.111. The van der Waals surface area contributed by atoms with E-state index >= 15 is 0 Å². The molecule has 0 aliphatic heterocycles. The molecule has 0 fully saturated rings. The van der Waals surface area contributed by atoms with E-state index in [0.717, 1.165) is 0 Å². The van der Waals surface area contributed by atoms with Crippen LogP contribution in [-0.2, 0) is 6.54 Å². The van der Waals surface area contributed by atoms with Gasteiger partial charge in [0.25, 0.3) is 0 Å². The summed E-state index contributed by atoms with van der Waals surface area (Å²) in [7, 11) is 0. The number of benzene rings is 1. The molecule has 4 heteroatoms. The van der Waals surface area contributed by atoms with Crippen molar-refractivity contribution in [3.63, 3.8) is 0 Å². The highest BCUT2D eigenvalue weighted by molar-refractivity contribution is 5.74. The highest BCUT2D eigenvalue weighted by atomic mass is 16.3. The summed E-state index contributed by atoms with van der Waals surface area (Å²) in [4.78, 5) is 4.10. The minimum atomic E-state index is 0.274. The highest BCUT2D eigenvalue weighted by Crippen LogP contribution is 2.16. The first-order chi connectivity index (χ1) is 6.33. The summed E-state index contributed by atoms with van der Waals surface area (Å²) in [6, 6.07) is 7.12. The van der Waals surface area contributed by atoms with Gasteiger partial charge in [0, 0.05) is 0 Å². The number of nitrogens with two attached hydrogens (primary N) is 1. The van der Waals surface area contributed by atoms with Crippen molar-refractivity contribution in [1.82, 2.24) is 4.98 Å². The number of hydrogen-bond acceptors (Lipinski definition) is 4. The third-order valence-electron chi connectivity index (χ3n) is 1.74. The van der Waals surface area contributed by atoms with Gasteiger partial charge in [0.1, 0.15) is 5.52 Å². The number of nitrogens with zero attached hydrogens (tertiary/aromatic N) is 2. The average molecular weight is 173 g/mol. The molecule has 0 radical (unpaired) electrons. The Morgan fingerprint density at radius 3 is 3.08 bits per heavy atom. The lowest BCUT2D eigenvalue weighted by Crippen LogP contribution is -1.94. The van der Waals surface area contributed by atoms with Gasteiger partial charge in [-0.1, -0.05) is 0 Å². The van der Waals surface area contributed by atoms with Gasteiger partial charge in [0.05, 0.1) is 18.2 Å². The van der Waals surface area contributed by atoms with Gasteiger partial charge in [-0.2, -0.15) is 5.26 Å². The molecule has 2 aromatic rings. The molecular weight excluding hydrogens is 166 g/mol.